The lowest BCUT2D eigenvalue weighted by Crippen LogP contribution is -2.52. The van der Waals surface area contributed by atoms with Crippen LogP contribution in [0, 0.1) is 0 Å². The van der Waals surface area contributed by atoms with Gasteiger partial charge in [-0.2, -0.15) is 0 Å². The summed E-state index contributed by atoms with van der Waals surface area (Å²) in [5.74, 6) is -0.224. The number of likely N-dealkylation sites (N-methyl/N-ethyl adjacent to an activating group) is 1. The molecule has 4 N–H and O–H groups in total. The Morgan fingerprint density at radius 1 is 1.40 bits per heavy atom. The first-order valence-corrected chi connectivity index (χ1v) is 5.88. The summed E-state index contributed by atoms with van der Waals surface area (Å²) >= 11 is 0. The summed E-state index contributed by atoms with van der Waals surface area (Å²) < 4.78 is 0. The van der Waals surface area contributed by atoms with Crippen molar-refractivity contribution in [2.24, 2.45) is 11.5 Å². The van der Waals surface area contributed by atoms with Crippen LogP contribution < -0.4 is 11.5 Å². The van der Waals surface area contributed by atoms with E-state index >= 15 is 0 Å². The Morgan fingerprint density at radius 2 is 2.00 bits per heavy atom. The summed E-state index contributed by atoms with van der Waals surface area (Å²) in [5.41, 5.74) is 11.2. The molecule has 0 unspecified atom stereocenters. The van der Waals surface area contributed by atoms with Gasteiger partial charge in [-0.1, -0.05) is 19.8 Å². The van der Waals surface area contributed by atoms with Crippen LogP contribution in [-0.4, -0.2) is 36.0 Å². The molecule has 0 aromatic carbocycles. The van der Waals surface area contributed by atoms with Crippen LogP contribution in [0.4, 0.5) is 0 Å². The fraction of sp³-hybridized carbons (Fsp3) is 0.909. The number of rotatable bonds is 6. The van der Waals surface area contributed by atoms with Crippen molar-refractivity contribution in [3.05, 3.63) is 0 Å². The molecule has 1 fully saturated rings. The molecule has 0 aromatic rings. The maximum atomic E-state index is 10.8. The SMILES string of the molecule is CCN(CCC(N)=O)C1(CN)CCCC1. The Balaban J connectivity index is 2.57. The lowest BCUT2D eigenvalue weighted by molar-refractivity contribution is -0.118. The van der Waals surface area contributed by atoms with Gasteiger partial charge in [0, 0.05) is 25.0 Å². The van der Waals surface area contributed by atoms with Gasteiger partial charge in [0.15, 0.2) is 0 Å². The van der Waals surface area contributed by atoms with Gasteiger partial charge in [-0.15, -0.1) is 0 Å². The molecule has 15 heavy (non-hydrogen) atoms. The normalized spacial score (nSPS) is 19.7. The molecule has 1 aliphatic carbocycles. The number of carbonyl (C=O) groups excluding carboxylic acids is 1. The van der Waals surface area contributed by atoms with E-state index in [1.807, 2.05) is 0 Å². The van der Waals surface area contributed by atoms with Gasteiger partial charge >= 0.3 is 0 Å². The van der Waals surface area contributed by atoms with Crippen molar-refractivity contribution in [3.8, 4) is 0 Å². The number of nitrogens with two attached hydrogens (primary N) is 2. The van der Waals surface area contributed by atoms with Crippen LogP contribution in [0.2, 0.25) is 0 Å². The molecule has 0 heterocycles. The first-order chi connectivity index (χ1) is 7.14. The van der Waals surface area contributed by atoms with Gasteiger partial charge in [0.1, 0.15) is 0 Å². The van der Waals surface area contributed by atoms with Crippen LogP contribution in [0.25, 0.3) is 0 Å². The van der Waals surface area contributed by atoms with Crippen molar-refractivity contribution in [1.29, 1.82) is 0 Å². The zero-order valence-corrected chi connectivity index (χ0v) is 9.67. The van der Waals surface area contributed by atoms with Crippen LogP contribution in [0.15, 0.2) is 0 Å². The second-order valence-electron chi connectivity index (χ2n) is 4.43. The fourth-order valence-corrected chi connectivity index (χ4v) is 2.66. The Morgan fingerprint density at radius 3 is 2.40 bits per heavy atom. The topological polar surface area (TPSA) is 72.3 Å². The van der Waals surface area contributed by atoms with Crippen molar-refractivity contribution < 1.29 is 4.79 Å². The molecule has 0 spiro atoms. The Labute approximate surface area is 92.0 Å². The van der Waals surface area contributed by atoms with Gasteiger partial charge in [0.25, 0.3) is 0 Å². The third-order valence-corrected chi connectivity index (χ3v) is 3.59. The van der Waals surface area contributed by atoms with Gasteiger partial charge in [0.2, 0.25) is 5.91 Å². The number of carbonyl (C=O) groups is 1. The Bertz CT molecular complexity index is 212. The molecule has 1 rings (SSSR count). The molecule has 0 aromatic heterocycles. The second kappa shape index (κ2) is 5.47. The summed E-state index contributed by atoms with van der Waals surface area (Å²) in [6.45, 7) is 4.52. The second-order valence-corrected chi connectivity index (χ2v) is 4.43. The van der Waals surface area contributed by atoms with Gasteiger partial charge in [-0.05, 0) is 19.4 Å². The maximum Gasteiger partial charge on any atom is 0.218 e. The van der Waals surface area contributed by atoms with Crippen LogP contribution >= 0.6 is 0 Å². The Kier molecular flexibility index (Phi) is 4.54. The molecule has 4 nitrogen and oxygen atoms in total. The minimum Gasteiger partial charge on any atom is -0.370 e. The third-order valence-electron chi connectivity index (χ3n) is 3.59. The number of hydrogen-bond acceptors (Lipinski definition) is 3. The monoisotopic (exact) mass is 213 g/mol. The summed E-state index contributed by atoms with van der Waals surface area (Å²) in [5, 5.41) is 0. The van der Waals surface area contributed by atoms with Gasteiger partial charge in [0.05, 0.1) is 0 Å². The highest BCUT2D eigenvalue weighted by molar-refractivity contribution is 5.73. The van der Waals surface area contributed by atoms with E-state index in [1.165, 1.54) is 12.8 Å². The van der Waals surface area contributed by atoms with Crippen molar-refractivity contribution >= 4 is 5.91 Å². The smallest absolute Gasteiger partial charge is 0.218 e. The molecule has 1 aliphatic rings. The van der Waals surface area contributed by atoms with E-state index in [0.29, 0.717) is 13.0 Å². The van der Waals surface area contributed by atoms with Crippen LogP contribution in [0.1, 0.15) is 39.0 Å². The summed E-state index contributed by atoms with van der Waals surface area (Å²) in [6, 6.07) is 0. The molecule has 0 radical (unpaired) electrons. The van der Waals surface area contributed by atoms with Crippen LogP contribution in [0.3, 0.4) is 0 Å². The minimum absolute atomic E-state index is 0.143. The first kappa shape index (κ1) is 12.5. The van der Waals surface area contributed by atoms with E-state index < -0.39 is 0 Å². The van der Waals surface area contributed by atoms with Gasteiger partial charge < -0.3 is 11.5 Å². The molecule has 0 aliphatic heterocycles. The molecular formula is C11H23N3O. The summed E-state index contributed by atoms with van der Waals surface area (Å²) in [4.78, 5) is 13.1. The van der Waals surface area contributed by atoms with E-state index in [-0.39, 0.29) is 11.4 Å². The van der Waals surface area contributed by atoms with Crippen LogP contribution in [0.5, 0.6) is 0 Å². The Hall–Kier alpha value is -0.610. The molecule has 1 saturated carbocycles. The highest BCUT2D eigenvalue weighted by Crippen LogP contribution is 2.34. The maximum absolute atomic E-state index is 10.8. The van der Waals surface area contributed by atoms with E-state index in [4.69, 9.17) is 11.5 Å². The quantitative estimate of drug-likeness (QED) is 0.673. The molecule has 1 amide bonds. The first-order valence-electron chi connectivity index (χ1n) is 5.88. The number of hydrogen-bond donors (Lipinski definition) is 2. The van der Waals surface area contributed by atoms with Crippen molar-refractivity contribution in [1.82, 2.24) is 4.90 Å². The largest absolute Gasteiger partial charge is 0.370 e. The molecule has 0 bridgehead atoms. The molecular weight excluding hydrogens is 190 g/mol. The van der Waals surface area contributed by atoms with E-state index in [0.717, 1.165) is 25.9 Å². The average molecular weight is 213 g/mol. The van der Waals surface area contributed by atoms with Crippen molar-refractivity contribution in [2.45, 2.75) is 44.6 Å². The predicted molar refractivity (Wildman–Crippen MR) is 61.3 cm³/mol. The molecule has 4 heteroatoms. The van der Waals surface area contributed by atoms with Crippen molar-refractivity contribution in [3.63, 3.8) is 0 Å². The van der Waals surface area contributed by atoms with E-state index in [2.05, 4.69) is 11.8 Å². The highest BCUT2D eigenvalue weighted by atomic mass is 16.1. The van der Waals surface area contributed by atoms with Gasteiger partial charge in [-0.3, -0.25) is 9.69 Å². The van der Waals surface area contributed by atoms with Crippen LogP contribution in [-0.2, 0) is 4.79 Å². The zero-order chi connectivity index (χ0) is 11.3. The predicted octanol–water partition coefficient (Wildman–Crippen LogP) is 0.455. The number of amides is 1. The zero-order valence-electron chi connectivity index (χ0n) is 9.67. The fourth-order valence-electron chi connectivity index (χ4n) is 2.66. The minimum atomic E-state index is -0.224. The lowest BCUT2D eigenvalue weighted by Gasteiger charge is -2.40. The summed E-state index contributed by atoms with van der Waals surface area (Å²) in [6.07, 6.45) is 5.27. The van der Waals surface area contributed by atoms with Crippen molar-refractivity contribution in [2.75, 3.05) is 19.6 Å². The van der Waals surface area contributed by atoms with E-state index in [1.54, 1.807) is 0 Å². The average Bonchev–Trinajstić information content (AvgIpc) is 2.68. The summed E-state index contributed by atoms with van der Waals surface area (Å²) in [7, 11) is 0. The number of nitrogens with zero attached hydrogens (tertiary/aromatic N) is 1. The molecule has 88 valence electrons. The standard InChI is InChI=1S/C11H23N3O/c1-2-14(8-5-10(13)15)11(9-12)6-3-4-7-11/h2-9,12H2,1H3,(H2,13,15). The third kappa shape index (κ3) is 2.92. The highest BCUT2D eigenvalue weighted by Gasteiger charge is 2.37. The number of primary amides is 1. The van der Waals surface area contributed by atoms with E-state index in [9.17, 15) is 4.79 Å². The lowest BCUT2D eigenvalue weighted by atomic mass is 9.95. The molecule has 0 atom stereocenters. The van der Waals surface area contributed by atoms with Gasteiger partial charge in [-0.25, -0.2) is 0 Å². The molecule has 0 saturated heterocycles.